The predicted molar refractivity (Wildman–Crippen MR) is 99.4 cm³/mol. The molecule has 0 saturated carbocycles. The first-order valence-corrected chi connectivity index (χ1v) is 9.86. The van der Waals surface area contributed by atoms with E-state index in [2.05, 4.69) is 31.7 Å². The number of hydrogen-bond acceptors (Lipinski definition) is 6. The Kier molecular flexibility index (Phi) is 4.99. The van der Waals surface area contributed by atoms with Crippen LogP contribution in [-0.2, 0) is 13.6 Å². The van der Waals surface area contributed by atoms with Gasteiger partial charge in [0.25, 0.3) is 5.91 Å². The molecule has 0 aliphatic carbocycles. The maximum atomic E-state index is 12.7. The third kappa shape index (κ3) is 3.63. The Bertz CT molecular complexity index is 812. The largest absolute Gasteiger partial charge is 0.436 e. The molecule has 4 rings (SSSR count). The summed E-state index contributed by atoms with van der Waals surface area (Å²) in [6.07, 6.45) is 4.35. The highest BCUT2D eigenvalue weighted by molar-refractivity contribution is 5.92. The van der Waals surface area contributed by atoms with Crippen LogP contribution in [0.1, 0.15) is 65.4 Å². The van der Waals surface area contributed by atoms with Crippen LogP contribution in [-0.4, -0.2) is 61.6 Å². The molecule has 27 heavy (non-hydrogen) atoms. The number of nitrogens with zero attached hydrogens (tertiary/aromatic N) is 6. The first-order chi connectivity index (χ1) is 13.0. The van der Waals surface area contributed by atoms with Crippen molar-refractivity contribution in [2.24, 2.45) is 7.05 Å². The molecule has 0 N–H and O–H groups in total. The molecule has 0 radical (unpaired) electrons. The SMILES string of the molecule is Cc1nc(C)c(C(=O)N2CCC(c3nnc(CN4CCCC4)n3C)CC2)o1. The van der Waals surface area contributed by atoms with Crippen molar-refractivity contribution in [1.29, 1.82) is 0 Å². The average molecular weight is 372 g/mol. The van der Waals surface area contributed by atoms with Gasteiger partial charge in [0.15, 0.2) is 5.89 Å². The third-order valence-corrected chi connectivity index (χ3v) is 5.81. The fraction of sp³-hybridized carbons (Fsp3) is 0.684. The maximum Gasteiger partial charge on any atom is 0.291 e. The van der Waals surface area contributed by atoms with Crippen LogP contribution >= 0.6 is 0 Å². The van der Waals surface area contributed by atoms with Gasteiger partial charge in [-0.2, -0.15) is 0 Å². The average Bonchev–Trinajstić information content (AvgIpc) is 3.37. The van der Waals surface area contributed by atoms with Gasteiger partial charge >= 0.3 is 0 Å². The van der Waals surface area contributed by atoms with Gasteiger partial charge in [0.1, 0.15) is 11.6 Å². The predicted octanol–water partition coefficient (Wildman–Crippen LogP) is 2.04. The van der Waals surface area contributed by atoms with E-state index in [1.165, 1.54) is 12.8 Å². The zero-order valence-corrected chi connectivity index (χ0v) is 16.4. The molecular weight excluding hydrogens is 344 g/mol. The van der Waals surface area contributed by atoms with Crippen LogP contribution < -0.4 is 0 Å². The summed E-state index contributed by atoms with van der Waals surface area (Å²) in [5, 5.41) is 8.92. The van der Waals surface area contributed by atoms with Crippen molar-refractivity contribution in [2.45, 2.75) is 52.0 Å². The lowest BCUT2D eigenvalue weighted by Gasteiger charge is -2.31. The highest BCUT2D eigenvalue weighted by Gasteiger charge is 2.30. The highest BCUT2D eigenvalue weighted by Crippen LogP contribution is 2.28. The van der Waals surface area contributed by atoms with Crippen molar-refractivity contribution in [2.75, 3.05) is 26.2 Å². The molecule has 0 aromatic carbocycles. The molecule has 0 spiro atoms. The number of aryl methyl sites for hydroxylation is 2. The minimum atomic E-state index is -0.0563. The van der Waals surface area contributed by atoms with E-state index in [0.29, 0.717) is 36.4 Å². The van der Waals surface area contributed by atoms with Crippen molar-refractivity contribution < 1.29 is 9.21 Å². The van der Waals surface area contributed by atoms with Crippen LogP contribution in [0.15, 0.2) is 4.42 Å². The van der Waals surface area contributed by atoms with E-state index in [4.69, 9.17) is 4.42 Å². The van der Waals surface area contributed by atoms with Gasteiger partial charge in [-0.1, -0.05) is 0 Å². The summed E-state index contributed by atoms with van der Waals surface area (Å²) in [7, 11) is 2.07. The van der Waals surface area contributed by atoms with Gasteiger partial charge in [-0.25, -0.2) is 4.98 Å². The summed E-state index contributed by atoms with van der Waals surface area (Å²) in [4.78, 5) is 21.2. The molecule has 146 valence electrons. The van der Waals surface area contributed by atoms with Crippen molar-refractivity contribution >= 4 is 5.91 Å². The molecule has 2 aliphatic rings. The molecule has 2 aliphatic heterocycles. The number of carbonyl (C=O) groups excluding carboxylic acids is 1. The Labute approximate surface area is 159 Å². The van der Waals surface area contributed by atoms with Gasteiger partial charge in [-0.15, -0.1) is 10.2 Å². The monoisotopic (exact) mass is 372 g/mol. The summed E-state index contributed by atoms with van der Waals surface area (Å²) in [6.45, 7) is 8.19. The Morgan fingerprint density at radius 1 is 1.11 bits per heavy atom. The van der Waals surface area contributed by atoms with Gasteiger partial charge in [0, 0.05) is 33.0 Å². The van der Waals surface area contributed by atoms with E-state index in [9.17, 15) is 4.79 Å². The minimum absolute atomic E-state index is 0.0563. The first kappa shape index (κ1) is 18.2. The summed E-state index contributed by atoms with van der Waals surface area (Å²) >= 11 is 0. The van der Waals surface area contributed by atoms with E-state index in [-0.39, 0.29) is 5.91 Å². The molecule has 0 unspecified atom stereocenters. The highest BCUT2D eigenvalue weighted by atomic mass is 16.4. The lowest BCUT2D eigenvalue weighted by atomic mass is 9.95. The van der Waals surface area contributed by atoms with Gasteiger partial charge < -0.3 is 13.9 Å². The van der Waals surface area contributed by atoms with Crippen LogP contribution in [0, 0.1) is 13.8 Å². The topological polar surface area (TPSA) is 80.3 Å². The van der Waals surface area contributed by atoms with Gasteiger partial charge in [0.05, 0.1) is 12.2 Å². The molecule has 0 atom stereocenters. The third-order valence-electron chi connectivity index (χ3n) is 5.81. The second kappa shape index (κ2) is 7.42. The summed E-state index contributed by atoms with van der Waals surface area (Å²) in [5.41, 5.74) is 0.666. The normalized spacial score (nSPS) is 19.1. The first-order valence-electron chi connectivity index (χ1n) is 9.86. The summed E-state index contributed by atoms with van der Waals surface area (Å²) < 4.78 is 7.65. The van der Waals surface area contributed by atoms with E-state index in [1.807, 2.05) is 11.8 Å². The van der Waals surface area contributed by atoms with Crippen LogP contribution in [0.2, 0.25) is 0 Å². The van der Waals surface area contributed by atoms with Crippen LogP contribution in [0.4, 0.5) is 0 Å². The number of hydrogen-bond donors (Lipinski definition) is 0. The second-order valence-corrected chi connectivity index (χ2v) is 7.73. The van der Waals surface area contributed by atoms with Crippen molar-refractivity contribution in [3.63, 3.8) is 0 Å². The standard InChI is InChI=1S/C19H28N6O2/c1-13-17(27-14(2)20-13)19(26)25-10-6-15(7-11-25)18-22-21-16(23(18)3)12-24-8-4-5-9-24/h15H,4-12H2,1-3H3. The van der Waals surface area contributed by atoms with Crippen LogP contribution in [0.5, 0.6) is 0 Å². The summed E-state index contributed by atoms with van der Waals surface area (Å²) in [6, 6.07) is 0. The zero-order chi connectivity index (χ0) is 19.0. The molecule has 1 amide bonds. The lowest BCUT2D eigenvalue weighted by molar-refractivity contribution is 0.0676. The molecule has 2 aromatic heterocycles. The molecule has 2 saturated heterocycles. The number of carbonyl (C=O) groups is 1. The molecule has 2 fully saturated rings. The number of oxazole rings is 1. The lowest BCUT2D eigenvalue weighted by Crippen LogP contribution is -2.38. The van der Waals surface area contributed by atoms with Crippen molar-refractivity contribution in [3.8, 4) is 0 Å². The number of likely N-dealkylation sites (tertiary alicyclic amines) is 2. The molecule has 8 heteroatoms. The number of rotatable bonds is 4. The fourth-order valence-corrected chi connectivity index (χ4v) is 4.22. The van der Waals surface area contributed by atoms with E-state index < -0.39 is 0 Å². The molecule has 0 bridgehead atoms. The molecule has 4 heterocycles. The second-order valence-electron chi connectivity index (χ2n) is 7.73. The zero-order valence-electron chi connectivity index (χ0n) is 16.4. The van der Waals surface area contributed by atoms with Gasteiger partial charge in [-0.3, -0.25) is 9.69 Å². The maximum absolute atomic E-state index is 12.7. The molecule has 8 nitrogen and oxygen atoms in total. The van der Waals surface area contributed by atoms with Gasteiger partial charge in [0.2, 0.25) is 5.76 Å². The van der Waals surface area contributed by atoms with Crippen LogP contribution in [0.3, 0.4) is 0 Å². The summed E-state index contributed by atoms with van der Waals surface area (Å²) in [5.74, 6) is 3.28. The quantitative estimate of drug-likeness (QED) is 0.817. The van der Waals surface area contributed by atoms with Crippen molar-refractivity contribution in [3.05, 3.63) is 29.0 Å². The number of piperidine rings is 1. The minimum Gasteiger partial charge on any atom is -0.436 e. The molecular formula is C19H28N6O2. The smallest absolute Gasteiger partial charge is 0.291 e. The Morgan fingerprint density at radius 2 is 1.81 bits per heavy atom. The van der Waals surface area contributed by atoms with E-state index in [1.54, 1.807) is 6.92 Å². The Morgan fingerprint density at radius 3 is 2.44 bits per heavy atom. The number of aromatic nitrogens is 4. The molecule has 2 aromatic rings. The number of amides is 1. The fourth-order valence-electron chi connectivity index (χ4n) is 4.22. The van der Waals surface area contributed by atoms with Crippen LogP contribution in [0.25, 0.3) is 0 Å². The Balaban J connectivity index is 1.38. The van der Waals surface area contributed by atoms with Gasteiger partial charge in [-0.05, 0) is 45.7 Å². The Hall–Kier alpha value is -2.22. The van der Waals surface area contributed by atoms with E-state index >= 15 is 0 Å². The van der Waals surface area contributed by atoms with E-state index in [0.717, 1.165) is 44.1 Å². The van der Waals surface area contributed by atoms with Crippen molar-refractivity contribution in [1.82, 2.24) is 29.5 Å².